The number of aryl methyl sites for hydroxylation is 1. The van der Waals surface area contributed by atoms with E-state index in [9.17, 15) is 9.90 Å². The Kier molecular flexibility index (Phi) is 4.18. The van der Waals surface area contributed by atoms with Gasteiger partial charge >= 0.3 is 5.97 Å². The predicted octanol–water partition coefficient (Wildman–Crippen LogP) is 4.32. The topological polar surface area (TPSA) is 46.5 Å². The fourth-order valence-electron chi connectivity index (χ4n) is 6.36. The van der Waals surface area contributed by atoms with Crippen molar-refractivity contribution in [2.24, 2.45) is 17.3 Å². The minimum Gasteiger partial charge on any atom is -0.462 e. The first-order valence-corrected chi connectivity index (χ1v) is 9.82. The van der Waals surface area contributed by atoms with Gasteiger partial charge in [0.15, 0.2) is 0 Å². The van der Waals surface area contributed by atoms with Crippen molar-refractivity contribution in [3.8, 4) is 0 Å². The molecule has 3 aliphatic rings. The summed E-state index contributed by atoms with van der Waals surface area (Å²) < 4.78 is 5.71. The maximum absolute atomic E-state index is 11.5. The van der Waals surface area contributed by atoms with E-state index in [4.69, 9.17) is 4.74 Å². The molecule has 1 aromatic carbocycles. The van der Waals surface area contributed by atoms with Gasteiger partial charge in [0.25, 0.3) is 0 Å². The fourth-order valence-corrected chi connectivity index (χ4v) is 6.36. The Morgan fingerprint density at radius 2 is 2.08 bits per heavy atom. The number of aliphatic hydroxyl groups is 1. The normalized spacial score (nSPS) is 39.3. The second-order valence-electron chi connectivity index (χ2n) is 8.84. The fraction of sp³-hybridized carbons (Fsp3) is 0.682. The molecule has 136 valence electrons. The van der Waals surface area contributed by atoms with Crippen LogP contribution in [-0.4, -0.2) is 23.8 Å². The number of benzene rings is 1. The van der Waals surface area contributed by atoms with Gasteiger partial charge in [-0.15, -0.1) is 0 Å². The van der Waals surface area contributed by atoms with Crippen LogP contribution in [0, 0.1) is 24.2 Å². The van der Waals surface area contributed by atoms with Crippen LogP contribution in [0.4, 0.5) is 0 Å². The van der Waals surface area contributed by atoms with Gasteiger partial charge in [0, 0.05) is 24.9 Å². The van der Waals surface area contributed by atoms with E-state index in [-0.39, 0.29) is 30.0 Å². The summed E-state index contributed by atoms with van der Waals surface area (Å²) in [6.07, 6.45) is 5.59. The third-order valence-corrected chi connectivity index (χ3v) is 7.52. The van der Waals surface area contributed by atoms with E-state index in [0.29, 0.717) is 17.8 Å². The number of esters is 1. The second-order valence-corrected chi connectivity index (χ2v) is 8.84. The number of hydrogen-bond donors (Lipinski definition) is 1. The Morgan fingerprint density at radius 1 is 1.28 bits per heavy atom. The lowest BCUT2D eigenvalue weighted by molar-refractivity contribution is -0.154. The number of fused-ring (bicyclic) bond motifs is 5. The number of hydrogen-bond acceptors (Lipinski definition) is 3. The molecule has 0 aliphatic heterocycles. The van der Waals surface area contributed by atoms with Crippen LogP contribution < -0.4 is 0 Å². The summed E-state index contributed by atoms with van der Waals surface area (Å²) in [7, 11) is 0. The van der Waals surface area contributed by atoms with Gasteiger partial charge < -0.3 is 9.84 Å². The van der Waals surface area contributed by atoms with Crippen molar-refractivity contribution < 1.29 is 14.6 Å². The van der Waals surface area contributed by atoms with Crippen LogP contribution in [0.2, 0.25) is 0 Å². The first kappa shape index (κ1) is 17.1. The molecule has 3 heteroatoms. The van der Waals surface area contributed by atoms with E-state index in [1.54, 1.807) is 0 Å². The molecule has 25 heavy (non-hydrogen) atoms. The zero-order chi connectivity index (χ0) is 17.8. The molecule has 0 radical (unpaired) electrons. The van der Waals surface area contributed by atoms with Gasteiger partial charge in [-0.25, -0.2) is 0 Å². The predicted molar refractivity (Wildman–Crippen MR) is 97.5 cm³/mol. The highest BCUT2D eigenvalue weighted by molar-refractivity contribution is 5.66. The van der Waals surface area contributed by atoms with Crippen LogP contribution in [0.3, 0.4) is 0 Å². The standard InChI is InChI=1S/C22H30O3/c1-13-4-5-16-17-8-9-22(3)20(6-7-21(22)25-14(2)24)19(17)11-15(12-23)18(16)10-13/h4-5,10,15,17,19-21,23H,6-9,11-12H2,1-3H3/t15-,17+,19+,20?,21?,22-/m0/s1. The molecule has 0 heterocycles. The van der Waals surface area contributed by atoms with Gasteiger partial charge in [-0.05, 0) is 67.9 Å². The lowest BCUT2D eigenvalue weighted by Crippen LogP contribution is -2.45. The summed E-state index contributed by atoms with van der Waals surface area (Å²) in [5.74, 6) is 1.91. The number of rotatable bonds is 2. The number of carbonyl (C=O) groups is 1. The molecule has 2 unspecified atom stereocenters. The number of carbonyl (C=O) groups excluding carboxylic acids is 1. The summed E-state index contributed by atoms with van der Waals surface area (Å²) in [6, 6.07) is 6.82. The van der Waals surface area contributed by atoms with Crippen LogP contribution in [0.15, 0.2) is 18.2 Å². The molecule has 4 rings (SSSR count). The van der Waals surface area contributed by atoms with Crippen LogP contribution >= 0.6 is 0 Å². The maximum atomic E-state index is 11.5. The quantitative estimate of drug-likeness (QED) is 0.814. The highest BCUT2D eigenvalue weighted by Gasteiger charge is 2.56. The van der Waals surface area contributed by atoms with Gasteiger partial charge in [-0.1, -0.05) is 30.7 Å². The van der Waals surface area contributed by atoms with Gasteiger partial charge in [-0.2, -0.15) is 0 Å². The monoisotopic (exact) mass is 342 g/mol. The Labute approximate surface area is 150 Å². The second kappa shape index (κ2) is 6.12. The SMILES string of the molecule is CC(=O)OC1CCC2[C@@H]3C[C@@H](CO)c4cc(C)ccc4[C@H]3CC[C@]12C. The molecule has 1 aromatic rings. The van der Waals surface area contributed by atoms with Gasteiger partial charge in [0.2, 0.25) is 0 Å². The first-order valence-electron chi connectivity index (χ1n) is 9.82. The number of ether oxygens (including phenoxy) is 1. The molecule has 1 N–H and O–H groups in total. The zero-order valence-electron chi connectivity index (χ0n) is 15.6. The van der Waals surface area contributed by atoms with E-state index < -0.39 is 0 Å². The third kappa shape index (κ3) is 2.63. The molecular formula is C22H30O3. The van der Waals surface area contributed by atoms with Crippen molar-refractivity contribution in [3.05, 3.63) is 34.9 Å². The van der Waals surface area contributed by atoms with Crippen molar-refractivity contribution in [1.29, 1.82) is 0 Å². The minimum atomic E-state index is -0.147. The first-order chi connectivity index (χ1) is 11.9. The lowest BCUT2D eigenvalue weighted by Gasteiger charge is -2.51. The zero-order valence-corrected chi connectivity index (χ0v) is 15.6. The van der Waals surface area contributed by atoms with Crippen LogP contribution in [0.25, 0.3) is 0 Å². The number of aliphatic hydroxyl groups excluding tert-OH is 1. The summed E-state index contributed by atoms with van der Waals surface area (Å²) in [5, 5.41) is 10.0. The minimum absolute atomic E-state index is 0.0722. The van der Waals surface area contributed by atoms with Crippen molar-refractivity contribution in [2.45, 2.75) is 70.8 Å². The van der Waals surface area contributed by atoms with E-state index in [1.807, 2.05) is 0 Å². The van der Waals surface area contributed by atoms with Crippen LogP contribution in [0.1, 0.15) is 74.5 Å². The van der Waals surface area contributed by atoms with Gasteiger partial charge in [0.05, 0.1) is 0 Å². The molecule has 6 atom stereocenters. The Hall–Kier alpha value is -1.35. The Bertz CT molecular complexity index is 682. The van der Waals surface area contributed by atoms with Gasteiger partial charge in [-0.3, -0.25) is 4.79 Å². The highest BCUT2D eigenvalue weighted by atomic mass is 16.5. The molecule has 0 amide bonds. The van der Waals surface area contributed by atoms with Crippen LogP contribution in [0.5, 0.6) is 0 Å². The van der Waals surface area contributed by atoms with E-state index in [0.717, 1.165) is 25.7 Å². The molecule has 0 bridgehead atoms. The van der Waals surface area contributed by atoms with Crippen molar-refractivity contribution in [2.75, 3.05) is 6.61 Å². The summed E-state index contributed by atoms with van der Waals surface area (Å²) >= 11 is 0. The third-order valence-electron chi connectivity index (χ3n) is 7.52. The van der Waals surface area contributed by atoms with Crippen LogP contribution in [-0.2, 0) is 9.53 Å². The molecule has 2 fully saturated rings. The highest BCUT2D eigenvalue weighted by Crippen LogP contribution is 2.62. The van der Waals surface area contributed by atoms with Gasteiger partial charge in [0.1, 0.15) is 6.10 Å². The summed E-state index contributed by atoms with van der Waals surface area (Å²) in [4.78, 5) is 11.5. The molecule has 3 aliphatic carbocycles. The molecule has 2 saturated carbocycles. The summed E-state index contributed by atoms with van der Waals surface area (Å²) in [5.41, 5.74) is 4.24. The average Bonchev–Trinajstić information content (AvgIpc) is 2.90. The Balaban J connectivity index is 1.68. The van der Waals surface area contributed by atoms with Crippen molar-refractivity contribution >= 4 is 5.97 Å². The molecular weight excluding hydrogens is 312 g/mol. The smallest absolute Gasteiger partial charge is 0.302 e. The van der Waals surface area contributed by atoms with E-state index in [2.05, 4.69) is 32.0 Å². The molecule has 0 aromatic heterocycles. The molecule has 0 saturated heterocycles. The Morgan fingerprint density at radius 3 is 2.80 bits per heavy atom. The summed E-state index contributed by atoms with van der Waals surface area (Å²) in [6.45, 7) is 6.24. The molecule has 0 spiro atoms. The maximum Gasteiger partial charge on any atom is 0.302 e. The largest absolute Gasteiger partial charge is 0.462 e. The lowest BCUT2D eigenvalue weighted by atomic mass is 9.54. The molecule has 3 nitrogen and oxygen atoms in total. The van der Waals surface area contributed by atoms with E-state index >= 15 is 0 Å². The van der Waals surface area contributed by atoms with Crippen molar-refractivity contribution in [3.63, 3.8) is 0 Å². The average molecular weight is 342 g/mol. The van der Waals surface area contributed by atoms with E-state index in [1.165, 1.54) is 30.0 Å². The van der Waals surface area contributed by atoms with Crippen molar-refractivity contribution in [1.82, 2.24) is 0 Å².